The van der Waals surface area contributed by atoms with Crippen molar-refractivity contribution in [1.82, 2.24) is 0 Å². The molecule has 0 amide bonds. The molecule has 0 aromatic heterocycles. The van der Waals surface area contributed by atoms with Crippen LogP contribution in [-0.4, -0.2) is 23.0 Å². The van der Waals surface area contributed by atoms with E-state index >= 15 is 0 Å². The third-order valence-electron chi connectivity index (χ3n) is 1.90. The van der Waals surface area contributed by atoms with Gasteiger partial charge in [-0.1, -0.05) is 6.92 Å². The molecule has 0 radical (unpaired) electrons. The van der Waals surface area contributed by atoms with Crippen LogP contribution in [0.1, 0.15) is 18.9 Å². The second-order valence-corrected chi connectivity index (χ2v) is 2.73. The van der Waals surface area contributed by atoms with E-state index in [1.165, 1.54) is 12.1 Å². The molecule has 0 unspecified atom stereocenters. The maximum absolute atomic E-state index is 9.48. The molecule has 0 aliphatic carbocycles. The Kier molecular flexibility index (Phi) is 2.90. The Morgan fingerprint density at radius 3 is 2.54 bits per heavy atom. The van der Waals surface area contributed by atoms with Crippen molar-refractivity contribution in [3.8, 4) is 11.5 Å². The number of phenolic OH excluding ortho intramolecular Hbond substituents is 2. The Balaban J connectivity index is 3.15. The number of aromatic hydroxyl groups is 2. The summed E-state index contributed by atoms with van der Waals surface area (Å²) in [7, 11) is 1.69. The van der Waals surface area contributed by atoms with Gasteiger partial charge in [-0.3, -0.25) is 4.99 Å². The van der Waals surface area contributed by atoms with Crippen LogP contribution in [-0.2, 0) is 0 Å². The molecule has 1 aromatic rings. The summed E-state index contributed by atoms with van der Waals surface area (Å²) >= 11 is 0. The third-order valence-corrected chi connectivity index (χ3v) is 1.90. The minimum Gasteiger partial charge on any atom is -0.508 e. The average molecular weight is 179 g/mol. The molecule has 0 heterocycles. The standard InChI is InChI=1S/C10H13NO2/c1-3-9(11-2)8-5-4-7(12)6-10(8)13/h4-6,12-13H,3H2,1-2H3. The van der Waals surface area contributed by atoms with Gasteiger partial charge in [-0.15, -0.1) is 0 Å². The molecule has 70 valence electrons. The van der Waals surface area contributed by atoms with E-state index in [1.54, 1.807) is 13.1 Å². The summed E-state index contributed by atoms with van der Waals surface area (Å²) in [4.78, 5) is 4.04. The lowest BCUT2D eigenvalue weighted by Gasteiger charge is -2.05. The summed E-state index contributed by atoms with van der Waals surface area (Å²) in [6, 6.07) is 4.52. The summed E-state index contributed by atoms with van der Waals surface area (Å²) in [6.45, 7) is 1.97. The lowest BCUT2D eigenvalue weighted by molar-refractivity contribution is 0.450. The van der Waals surface area contributed by atoms with Crippen molar-refractivity contribution in [2.24, 2.45) is 4.99 Å². The smallest absolute Gasteiger partial charge is 0.128 e. The zero-order valence-corrected chi connectivity index (χ0v) is 7.78. The Labute approximate surface area is 77.4 Å². The highest BCUT2D eigenvalue weighted by molar-refractivity contribution is 6.02. The van der Waals surface area contributed by atoms with Crippen LogP contribution in [0, 0.1) is 0 Å². The van der Waals surface area contributed by atoms with Gasteiger partial charge in [0.25, 0.3) is 0 Å². The Bertz CT molecular complexity index is 332. The van der Waals surface area contributed by atoms with Crippen LogP contribution in [0.2, 0.25) is 0 Å². The van der Waals surface area contributed by atoms with Crippen LogP contribution in [0.3, 0.4) is 0 Å². The van der Waals surface area contributed by atoms with Gasteiger partial charge in [0.15, 0.2) is 0 Å². The van der Waals surface area contributed by atoms with E-state index in [2.05, 4.69) is 4.99 Å². The Morgan fingerprint density at radius 2 is 2.08 bits per heavy atom. The summed E-state index contributed by atoms with van der Waals surface area (Å²) in [5.41, 5.74) is 1.51. The van der Waals surface area contributed by atoms with Gasteiger partial charge >= 0.3 is 0 Å². The number of aliphatic imine (C=N–C) groups is 1. The summed E-state index contributed by atoms with van der Waals surface area (Å²) < 4.78 is 0. The largest absolute Gasteiger partial charge is 0.508 e. The van der Waals surface area contributed by atoms with Gasteiger partial charge in [0, 0.05) is 24.4 Å². The van der Waals surface area contributed by atoms with E-state index < -0.39 is 0 Å². The highest BCUT2D eigenvalue weighted by Crippen LogP contribution is 2.23. The molecule has 1 aromatic carbocycles. The average Bonchev–Trinajstić information content (AvgIpc) is 2.10. The van der Waals surface area contributed by atoms with Crippen molar-refractivity contribution in [3.05, 3.63) is 23.8 Å². The zero-order chi connectivity index (χ0) is 9.84. The van der Waals surface area contributed by atoms with Crippen LogP contribution in [0.25, 0.3) is 0 Å². The van der Waals surface area contributed by atoms with Crippen molar-refractivity contribution in [1.29, 1.82) is 0 Å². The molecule has 13 heavy (non-hydrogen) atoms. The molecule has 1 rings (SSSR count). The Morgan fingerprint density at radius 1 is 1.38 bits per heavy atom. The van der Waals surface area contributed by atoms with Crippen LogP contribution < -0.4 is 0 Å². The van der Waals surface area contributed by atoms with Gasteiger partial charge in [0.2, 0.25) is 0 Å². The SMILES string of the molecule is CCC(=NC)c1ccc(O)cc1O. The summed E-state index contributed by atoms with van der Waals surface area (Å²) in [6.07, 6.45) is 0.759. The monoisotopic (exact) mass is 179 g/mol. The second-order valence-electron chi connectivity index (χ2n) is 2.73. The van der Waals surface area contributed by atoms with Crippen LogP contribution in [0.5, 0.6) is 11.5 Å². The first-order chi connectivity index (χ1) is 6.19. The number of benzene rings is 1. The van der Waals surface area contributed by atoms with Crippen molar-refractivity contribution in [2.75, 3.05) is 7.05 Å². The van der Waals surface area contributed by atoms with E-state index in [0.717, 1.165) is 12.1 Å². The molecule has 0 atom stereocenters. The number of hydrogen-bond donors (Lipinski definition) is 2. The first kappa shape index (κ1) is 9.58. The molecule has 0 bridgehead atoms. The second kappa shape index (κ2) is 3.94. The molecule has 2 N–H and O–H groups in total. The normalized spacial score (nSPS) is 11.7. The lowest BCUT2D eigenvalue weighted by atomic mass is 10.1. The van der Waals surface area contributed by atoms with Gasteiger partial charge in [-0.25, -0.2) is 0 Å². The lowest BCUT2D eigenvalue weighted by Crippen LogP contribution is -1.98. The molecule has 0 fully saturated rings. The maximum atomic E-state index is 9.48. The number of phenols is 2. The van der Waals surface area contributed by atoms with Gasteiger partial charge in [-0.05, 0) is 18.6 Å². The van der Waals surface area contributed by atoms with Crippen LogP contribution in [0.15, 0.2) is 23.2 Å². The molecule has 0 spiro atoms. The topological polar surface area (TPSA) is 52.8 Å². The van der Waals surface area contributed by atoms with Crippen molar-refractivity contribution in [2.45, 2.75) is 13.3 Å². The molecule has 0 aliphatic heterocycles. The Hall–Kier alpha value is -1.51. The van der Waals surface area contributed by atoms with Crippen LogP contribution >= 0.6 is 0 Å². The van der Waals surface area contributed by atoms with Crippen molar-refractivity contribution in [3.63, 3.8) is 0 Å². The van der Waals surface area contributed by atoms with E-state index in [1.807, 2.05) is 6.92 Å². The van der Waals surface area contributed by atoms with E-state index in [0.29, 0.717) is 5.56 Å². The van der Waals surface area contributed by atoms with Crippen LogP contribution in [0.4, 0.5) is 0 Å². The molecule has 3 nitrogen and oxygen atoms in total. The predicted molar refractivity (Wildman–Crippen MR) is 52.5 cm³/mol. The van der Waals surface area contributed by atoms with Gasteiger partial charge < -0.3 is 10.2 Å². The fraction of sp³-hybridized carbons (Fsp3) is 0.300. The number of nitrogens with zero attached hydrogens (tertiary/aromatic N) is 1. The fourth-order valence-corrected chi connectivity index (χ4v) is 1.23. The number of rotatable bonds is 2. The molecule has 3 heteroatoms. The number of hydrogen-bond acceptors (Lipinski definition) is 3. The first-order valence-corrected chi connectivity index (χ1v) is 4.17. The highest BCUT2D eigenvalue weighted by atomic mass is 16.3. The third kappa shape index (κ3) is 1.99. The fourth-order valence-electron chi connectivity index (χ4n) is 1.23. The van der Waals surface area contributed by atoms with Crippen molar-refractivity contribution < 1.29 is 10.2 Å². The minimum atomic E-state index is 0.0628. The van der Waals surface area contributed by atoms with E-state index in [4.69, 9.17) is 5.11 Å². The molecular weight excluding hydrogens is 166 g/mol. The van der Waals surface area contributed by atoms with Gasteiger partial charge in [-0.2, -0.15) is 0 Å². The van der Waals surface area contributed by atoms with Gasteiger partial charge in [0.05, 0.1) is 0 Å². The molecule has 0 aliphatic rings. The van der Waals surface area contributed by atoms with E-state index in [9.17, 15) is 5.11 Å². The minimum absolute atomic E-state index is 0.0628. The zero-order valence-electron chi connectivity index (χ0n) is 7.78. The van der Waals surface area contributed by atoms with Gasteiger partial charge in [0.1, 0.15) is 11.5 Å². The predicted octanol–water partition coefficient (Wildman–Crippen LogP) is 1.93. The highest BCUT2D eigenvalue weighted by Gasteiger charge is 2.06. The first-order valence-electron chi connectivity index (χ1n) is 4.17. The van der Waals surface area contributed by atoms with Crippen molar-refractivity contribution >= 4 is 5.71 Å². The molecule has 0 saturated heterocycles. The van der Waals surface area contributed by atoms with E-state index in [-0.39, 0.29) is 11.5 Å². The summed E-state index contributed by atoms with van der Waals surface area (Å²) in [5.74, 6) is 0.134. The molecule has 0 saturated carbocycles. The summed E-state index contributed by atoms with van der Waals surface area (Å²) in [5, 5.41) is 18.5. The maximum Gasteiger partial charge on any atom is 0.128 e. The quantitative estimate of drug-likeness (QED) is 0.681. The molecular formula is C10H13NO2.